The summed E-state index contributed by atoms with van der Waals surface area (Å²) in [5.74, 6) is 0. The largest absolute Gasteiger partial charge is 0.366 e. The average molecular weight is 228 g/mol. The van der Waals surface area contributed by atoms with Gasteiger partial charge in [-0.1, -0.05) is 0 Å². The first-order valence-corrected chi connectivity index (χ1v) is 5.87. The number of ether oxygens (including phenoxy) is 1. The third-order valence-corrected chi connectivity index (χ3v) is 2.40. The Balaban J connectivity index is 2.71. The SMILES string of the molecule is CC(C)NC(=O)N1CC(C)(C)OC(C)(C)C1. The number of hydrogen-bond donors (Lipinski definition) is 1. The third-order valence-electron chi connectivity index (χ3n) is 2.40. The zero-order valence-corrected chi connectivity index (χ0v) is 11.3. The van der Waals surface area contributed by atoms with Crippen LogP contribution in [0.1, 0.15) is 41.5 Å². The molecule has 2 amide bonds. The van der Waals surface area contributed by atoms with Gasteiger partial charge in [0.05, 0.1) is 24.3 Å². The molecule has 0 aromatic heterocycles. The molecule has 1 aliphatic rings. The standard InChI is InChI=1S/C12H24N2O2/c1-9(2)13-10(15)14-7-11(3,4)16-12(5,6)8-14/h9H,7-8H2,1-6H3,(H,13,15). The van der Waals surface area contributed by atoms with Crippen LogP contribution in [0.15, 0.2) is 0 Å². The van der Waals surface area contributed by atoms with Crippen LogP contribution in [0.4, 0.5) is 4.79 Å². The summed E-state index contributed by atoms with van der Waals surface area (Å²) < 4.78 is 5.92. The summed E-state index contributed by atoms with van der Waals surface area (Å²) in [5.41, 5.74) is -0.563. The van der Waals surface area contributed by atoms with Crippen molar-refractivity contribution in [3.8, 4) is 0 Å². The highest BCUT2D eigenvalue weighted by atomic mass is 16.5. The van der Waals surface area contributed by atoms with Crippen LogP contribution in [0.25, 0.3) is 0 Å². The molecular formula is C12H24N2O2. The zero-order valence-electron chi connectivity index (χ0n) is 11.3. The molecule has 1 aliphatic heterocycles. The van der Waals surface area contributed by atoms with Gasteiger partial charge in [-0.15, -0.1) is 0 Å². The maximum atomic E-state index is 11.9. The molecule has 0 atom stereocenters. The molecule has 0 aliphatic carbocycles. The number of amides is 2. The van der Waals surface area contributed by atoms with E-state index in [1.54, 1.807) is 0 Å². The second-order valence-corrected chi connectivity index (χ2v) is 6.08. The highest BCUT2D eigenvalue weighted by Crippen LogP contribution is 2.27. The molecule has 4 heteroatoms. The fraction of sp³-hybridized carbons (Fsp3) is 0.917. The number of urea groups is 1. The summed E-state index contributed by atoms with van der Waals surface area (Å²) in [6.45, 7) is 13.3. The van der Waals surface area contributed by atoms with Crippen LogP contribution in [0.3, 0.4) is 0 Å². The van der Waals surface area contributed by atoms with Gasteiger partial charge < -0.3 is 15.0 Å². The van der Waals surface area contributed by atoms with E-state index in [2.05, 4.69) is 5.32 Å². The quantitative estimate of drug-likeness (QED) is 0.745. The van der Waals surface area contributed by atoms with Crippen LogP contribution in [0.5, 0.6) is 0 Å². The molecule has 1 fully saturated rings. The number of carbonyl (C=O) groups is 1. The fourth-order valence-corrected chi connectivity index (χ4v) is 2.27. The summed E-state index contributed by atoms with van der Waals surface area (Å²) >= 11 is 0. The van der Waals surface area contributed by atoms with E-state index in [1.165, 1.54) is 0 Å². The van der Waals surface area contributed by atoms with E-state index in [-0.39, 0.29) is 23.3 Å². The second-order valence-electron chi connectivity index (χ2n) is 6.08. The summed E-state index contributed by atoms with van der Waals surface area (Å²) in [7, 11) is 0. The first-order chi connectivity index (χ1) is 7.11. The van der Waals surface area contributed by atoms with Gasteiger partial charge in [-0.25, -0.2) is 4.79 Å². The molecular weight excluding hydrogens is 204 g/mol. The molecule has 0 saturated carbocycles. The van der Waals surface area contributed by atoms with Gasteiger partial charge in [0.1, 0.15) is 0 Å². The molecule has 1 N–H and O–H groups in total. The Hall–Kier alpha value is -0.770. The molecule has 0 aromatic carbocycles. The maximum Gasteiger partial charge on any atom is 0.317 e. The van der Waals surface area contributed by atoms with Gasteiger partial charge in [0.15, 0.2) is 0 Å². The predicted octanol–water partition coefficient (Wildman–Crippen LogP) is 1.99. The lowest BCUT2D eigenvalue weighted by Crippen LogP contribution is -2.60. The van der Waals surface area contributed by atoms with Crippen LogP contribution < -0.4 is 5.32 Å². The van der Waals surface area contributed by atoms with Crippen LogP contribution in [0, 0.1) is 0 Å². The highest BCUT2D eigenvalue weighted by molar-refractivity contribution is 5.74. The first kappa shape index (κ1) is 13.3. The van der Waals surface area contributed by atoms with Gasteiger partial charge in [0.25, 0.3) is 0 Å². The number of nitrogens with one attached hydrogen (secondary N) is 1. The lowest BCUT2D eigenvalue weighted by Gasteiger charge is -2.47. The maximum absolute atomic E-state index is 11.9. The van der Waals surface area contributed by atoms with E-state index in [4.69, 9.17) is 4.74 Å². The number of carbonyl (C=O) groups excluding carboxylic acids is 1. The van der Waals surface area contributed by atoms with Gasteiger partial charge >= 0.3 is 6.03 Å². The van der Waals surface area contributed by atoms with Crippen molar-refractivity contribution in [1.29, 1.82) is 0 Å². The second kappa shape index (κ2) is 4.24. The van der Waals surface area contributed by atoms with Gasteiger partial charge in [-0.2, -0.15) is 0 Å². The Bertz CT molecular complexity index is 256. The molecule has 0 unspecified atom stereocenters. The minimum absolute atomic E-state index is 0.000509. The van der Waals surface area contributed by atoms with Crippen molar-refractivity contribution in [1.82, 2.24) is 10.2 Å². The normalized spacial score (nSPS) is 23.3. The van der Waals surface area contributed by atoms with Gasteiger partial charge in [-0.05, 0) is 41.5 Å². The van der Waals surface area contributed by atoms with Crippen LogP contribution in [-0.2, 0) is 4.74 Å². The van der Waals surface area contributed by atoms with Gasteiger partial charge in [0.2, 0.25) is 0 Å². The van der Waals surface area contributed by atoms with E-state index in [9.17, 15) is 4.79 Å². The van der Waals surface area contributed by atoms with E-state index < -0.39 is 0 Å². The molecule has 0 aromatic rings. The van der Waals surface area contributed by atoms with Crippen molar-refractivity contribution >= 4 is 6.03 Å². The topological polar surface area (TPSA) is 41.6 Å². The minimum Gasteiger partial charge on any atom is -0.366 e. The van der Waals surface area contributed by atoms with E-state index in [0.717, 1.165) is 0 Å². The lowest BCUT2D eigenvalue weighted by molar-refractivity contribution is -0.170. The van der Waals surface area contributed by atoms with E-state index >= 15 is 0 Å². The molecule has 0 bridgehead atoms. The number of nitrogens with zero attached hydrogens (tertiary/aromatic N) is 1. The smallest absolute Gasteiger partial charge is 0.317 e. The summed E-state index contributed by atoms with van der Waals surface area (Å²) in [4.78, 5) is 13.8. The Morgan fingerprint density at radius 3 is 2.00 bits per heavy atom. The minimum atomic E-state index is -0.282. The third kappa shape index (κ3) is 3.67. The predicted molar refractivity (Wildman–Crippen MR) is 64.5 cm³/mol. The Morgan fingerprint density at radius 1 is 1.19 bits per heavy atom. The zero-order chi connectivity index (χ0) is 12.6. The molecule has 16 heavy (non-hydrogen) atoms. The van der Waals surface area contributed by atoms with Gasteiger partial charge in [0, 0.05) is 6.04 Å². The molecule has 0 spiro atoms. The van der Waals surface area contributed by atoms with Crippen molar-refractivity contribution in [2.24, 2.45) is 0 Å². The van der Waals surface area contributed by atoms with Crippen molar-refractivity contribution in [3.05, 3.63) is 0 Å². The monoisotopic (exact) mass is 228 g/mol. The van der Waals surface area contributed by atoms with Crippen LogP contribution in [0.2, 0.25) is 0 Å². The summed E-state index contributed by atoms with van der Waals surface area (Å²) in [6, 6.07) is 0.168. The van der Waals surface area contributed by atoms with Crippen molar-refractivity contribution in [3.63, 3.8) is 0 Å². The Kier molecular flexibility index (Phi) is 3.53. The van der Waals surface area contributed by atoms with Gasteiger partial charge in [-0.3, -0.25) is 0 Å². The average Bonchev–Trinajstić information content (AvgIpc) is 1.96. The first-order valence-electron chi connectivity index (χ1n) is 5.87. The fourth-order valence-electron chi connectivity index (χ4n) is 2.27. The number of hydrogen-bond acceptors (Lipinski definition) is 2. The Morgan fingerprint density at radius 2 is 1.62 bits per heavy atom. The van der Waals surface area contributed by atoms with Crippen molar-refractivity contribution in [2.75, 3.05) is 13.1 Å². The molecule has 94 valence electrons. The van der Waals surface area contributed by atoms with Crippen LogP contribution >= 0.6 is 0 Å². The number of morpholine rings is 1. The lowest BCUT2D eigenvalue weighted by atomic mass is 9.99. The van der Waals surface area contributed by atoms with Crippen LogP contribution in [-0.4, -0.2) is 41.3 Å². The van der Waals surface area contributed by atoms with Crippen molar-refractivity contribution in [2.45, 2.75) is 58.8 Å². The van der Waals surface area contributed by atoms with E-state index in [0.29, 0.717) is 13.1 Å². The molecule has 4 nitrogen and oxygen atoms in total. The highest BCUT2D eigenvalue weighted by Gasteiger charge is 2.39. The molecule has 1 rings (SSSR count). The molecule has 1 saturated heterocycles. The molecule has 0 radical (unpaired) electrons. The van der Waals surface area contributed by atoms with E-state index in [1.807, 2.05) is 46.4 Å². The number of rotatable bonds is 1. The Labute approximate surface area is 98.3 Å². The summed E-state index contributed by atoms with van der Waals surface area (Å²) in [5, 5.41) is 2.92. The summed E-state index contributed by atoms with van der Waals surface area (Å²) in [6.07, 6.45) is 0. The van der Waals surface area contributed by atoms with Crippen molar-refractivity contribution < 1.29 is 9.53 Å². The molecule has 1 heterocycles.